The normalized spacial score (nSPS) is 10.8. The molecule has 0 saturated heterocycles. The number of alkyl halides is 6. The van der Waals surface area contributed by atoms with Gasteiger partial charge in [-0.05, 0) is 0 Å². The van der Waals surface area contributed by atoms with E-state index >= 15 is 0 Å². The fourth-order valence-corrected chi connectivity index (χ4v) is 2.14. The van der Waals surface area contributed by atoms with Gasteiger partial charge >= 0.3 is 50.1 Å². The van der Waals surface area contributed by atoms with Crippen molar-refractivity contribution in [1.82, 2.24) is 0 Å². The van der Waals surface area contributed by atoms with Gasteiger partial charge in [0, 0.05) is 0 Å². The average Bonchev–Trinajstić information content (AvgIpc) is 2.78. The third-order valence-electron chi connectivity index (χ3n) is 4.28. The molecule has 0 atom stereocenters. The van der Waals surface area contributed by atoms with Crippen molar-refractivity contribution >= 4 is 0 Å². The van der Waals surface area contributed by atoms with Crippen LogP contribution in [0.3, 0.4) is 0 Å². The van der Waals surface area contributed by atoms with Crippen molar-refractivity contribution in [2.24, 2.45) is 0 Å². The van der Waals surface area contributed by atoms with Crippen molar-refractivity contribution in [3.63, 3.8) is 0 Å². The molecule has 38 heavy (non-hydrogen) atoms. The Morgan fingerprint density at radius 1 is 0.500 bits per heavy atom. The summed E-state index contributed by atoms with van der Waals surface area (Å²) in [4.78, 5) is 6.13. The quantitative estimate of drug-likeness (QED) is 0.159. The van der Waals surface area contributed by atoms with E-state index in [1.807, 2.05) is 0 Å². The molecule has 0 radical (unpaired) electrons. The number of rotatable bonds is 6. The largest absolute Gasteiger partial charge is 1.00 e. The predicted octanol–water partition coefficient (Wildman–Crippen LogP) is -6.43. The summed E-state index contributed by atoms with van der Waals surface area (Å²) in [5, 5.41) is 0. The van der Waals surface area contributed by atoms with Crippen LogP contribution in [0, 0.1) is 12.1 Å². The standard InChI is InChI=1S/2C7H4F3.2C6H16N2.2Li/c2*8-7(9,10)6-4-2-1-3-5-6;2*1-7(2)5-6-8(3)4;;/h2*1-4H;2*5-6H2,1-4H3;;/q2*-1;;;2*+1/p+4. The number of hydrogen-bond acceptors (Lipinski definition) is 0. The summed E-state index contributed by atoms with van der Waals surface area (Å²) in [6, 6.07) is 14.3. The maximum atomic E-state index is 11.8. The van der Waals surface area contributed by atoms with Crippen LogP contribution in [0.5, 0.6) is 0 Å². The Bertz CT molecular complexity index is 676. The maximum absolute atomic E-state index is 11.8. The van der Waals surface area contributed by atoms with Crippen LogP contribution < -0.4 is 57.3 Å². The molecule has 0 spiro atoms. The van der Waals surface area contributed by atoms with Crippen LogP contribution in [-0.4, -0.2) is 82.6 Å². The van der Waals surface area contributed by atoms with Gasteiger partial charge in [-0.1, -0.05) is 11.1 Å². The summed E-state index contributed by atoms with van der Waals surface area (Å²) >= 11 is 0. The molecule has 2 aromatic rings. The summed E-state index contributed by atoms with van der Waals surface area (Å²) < 4.78 is 70.5. The van der Waals surface area contributed by atoms with E-state index in [0.29, 0.717) is 0 Å². The molecular formula is C26H44F6Li2N4+4. The summed E-state index contributed by atoms with van der Waals surface area (Å²) in [5.41, 5.74) is -1.45. The monoisotopic (exact) mass is 540 g/mol. The molecule has 2 rings (SSSR count). The van der Waals surface area contributed by atoms with Gasteiger partial charge in [-0.3, -0.25) is 0 Å². The van der Waals surface area contributed by atoms with Gasteiger partial charge in [-0.2, -0.15) is 87.0 Å². The number of benzene rings is 2. The Morgan fingerprint density at radius 3 is 0.842 bits per heavy atom. The maximum Gasteiger partial charge on any atom is 1.00 e. The Labute approximate surface area is 249 Å². The number of nitrogens with one attached hydrogen (secondary N) is 4. The van der Waals surface area contributed by atoms with Crippen molar-refractivity contribution in [1.29, 1.82) is 0 Å². The van der Waals surface area contributed by atoms with E-state index in [4.69, 9.17) is 0 Å². The molecule has 2 aromatic carbocycles. The number of quaternary nitrogens is 4. The zero-order valence-corrected chi connectivity index (χ0v) is 24.7. The number of hydrogen-bond donors (Lipinski definition) is 4. The molecule has 0 aromatic heterocycles. The van der Waals surface area contributed by atoms with Crippen LogP contribution in [0.15, 0.2) is 48.5 Å². The molecule has 4 N–H and O–H groups in total. The van der Waals surface area contributed by atoms with E-state index in [-0.39, 0.29) is 37.7 Å². The second-order valence-corrected chi connectivity index (χ2v) is 9.38. The van der Waals surface area contributed by atoms with Crippen LogP contribution in [0.1, 0.15) is 11.1 Å². The minimum absolute atomic E-state index is 0. The average molecular weight is 541 g/mol. The summed E-state index contributed by atoms with van der Waals surface area (Å²) in [7, 11) is 17.5. The van der Waals surface area contributed by atoms with Gasteiger partial charge in [0.15, 0.2) is 0 Å². The third-order valence-corrected chi connectivity index (χ3v) is 4.28. The zero-order valence-electron chi connectivity index (χ0n) is 24.7. The van der Waals surface area contributed by atoms with Crippen molar-refractivity contribution in [2.75, 3.05) is 82.6 Å². The Kier molecular flexibility index (Phi) is 27.7. The smallest absolute Gasteiger partial charge is 0.335 e. The van der Waals surface area contributed by atoms with E-state index in [1.54, 1.807) is 0 Å². The second-order valence-electron chi connectivity index (χ2n) is 9.38. The first kappa shape index (κ1) is 44.1. The van der Waals surface area contributed by atoms with Crippen molar-refractivity contribution in [3.8, 4) is 0 Å². The van der Waals surface area contributed by atoms with Gasteiger partial charge in [0.2, 0.25) is 0 Å². The fourth-order valence-electron chi connectivity index (χ4n) is 2.14. The number of likely N-dealkylation sites (N-methyl/N-ethyl adjacent to an activating group) is 4. The number of halogens is 6. The molecule has 0 saturated carbocycles. The first-order valence-electron chi connectivity index (χ1n) is 11.7. The van der Waals surface area contributed by atoms with Crippen LogP contribution in [0.25, 0.3) is 0 Å². The van der Waals surface area contributed by atoms with E-state index in [0.717, 1.165) is 12.1 Å². The minimum Gasteiger partial charge on any atom is -0.335 e. The predicted molar refractivity (Wildman–Crippen MR) is 131 cm³/mol. The van der Waals surface area contributed by atoms with E-state index < -0.39 is 23.5 Å². The SMILES string of the molecule is C[NH+](C)CC[NH+](C)C.C[NH+](C)CC[NH+](C)C.FC(F)(F)c1[c-]cccc1.FC(F)(F)c1[c-]cccc1.[Li+].[Li+]. The molecule has 208 valence electrons. The van der Waals surface area contributed by atoms with E-state index in [1.165, 1.54) is 82.2 Å². The van der Waals surface area contributed by atoms with E-state index in [9.17, 15) is 26.3 Å². The summed E-state index contributed by atoms with van der Waals surface area (Å²) in [6.07, 6.45) is -8.53. The molecule has 0 heterocycles. The van der Waals surface area contributed by atoms with Crippen molar-refractivity contribution < 1.29 is 83.7 Å². The van der Waals surface area contributed by atoms with Crippen molar-refractivity contribution in [2.45, 2.75) is 12.4 Å². The Morgan fingerprint density at radius 2 is 0.737 bits per heavy atom. The fraction of sp³-hybridized carbons (Fsp3) is 0.538. The topological polar surface area (TPSA) is 17.8 Å². The van der Waals surface area contributed by atoms with Crippen LogP contribution in [0.2, 0.25) is 0 Å². The van der Waals surface area contributed by atoms with Crippen molar-refractivity contribution in [3.05, 3.63) is 71.8 Å². The van der Waals surface area contributed by atoms with Crippen LogP contribution in [-0.2, 0) is 12.4 Å². The molecule has 0 aliphatic rings. The van der Waals surface area contributed by atoms with E-state index in [2.05, 4.69) is 68.5 Å². The Balaban J connectivity index is -0.000000201. The minimum atomic E-state index is -4.26. The molecule has 12 heteroatoms. The molecule has 4 nitrogen and oxygen atoms in total. The van der Waals surface area contributed by atoms with Gasteiger partial charge in [-0.25, -0.2) is 0 Å². The third kappa shape index (κ3) is 29.6. The molecule has 0 aliphatic heterocycles. The molecule has 0 bridgehead atoms. The Hall–Kier alpha value is -0.945. The second kappa shape index (κ2) is 23.9. The van der Waals surface area contributed by atoms with Crippen LogP contribution in [0.4, 0.5) is 26.3 Å². The summed E-state index contributed by atoms with van der Waals surface area (Å²) in [6.45, 7) is 5.06. The zero-order chi connectivity index (χ0) is 28.4. The molecular weight excluding hydrogens is 496 g/mol. The summed E-state index contributed by atoms with van der Waals surface area (Å²) in [5.74, 6) is 0. The van der Waals surface area contributed by atoms with Crippen LogP contribution >= 0.6 is 0 Å². The first-order valence-corrected chi connectivity index (χ1v) is 11.7. The molecule has 0 amide bonds. The molecule has 0 unspecified atom stereocenters. The first-order chi connectivity index (χ1) is 16.5. The van der Waals surface area contributed by atoms with Gasteiger partial charge < -0.3 is 19.6 Å². The van der Waals surface area contributed by atoms with Gasteiger partial charge in [0.1, 0.15) is 26.2 Å². The van der Waals surface area contributed by atoms with Gasteiger partial charge in [0.25, 0.3) is 0 Å². The van der Waals surface area contributed by atoms with Gasteiger partial charge in [-0.15, -0.1) is 0 Å². The van der Waals surface area contributed by atoms with Gasteiger partial charge in [0.05, 0.1) is 56.4 Å². The molecule has 0 aliphatic carbocycles. The molecule has 0 fully saturated rings.